The van der Waals surface area contributed by atoms with Gasteiger partial charge >= 0.3 is 11.8 Å². The van der Waals surface area contributed by atoms with Gasteiger partial charge in [0.2, 0.25) is 0 Å². The number of aromatic nitrogens is 2. The molecule has 3 rings (SSSR count). The molecule has 1 fully saturated rings. The van der Waals surface area contributed by atoms with Crippen LogP contribution in [0.25, 0.3) is 10.9 Å². The van der Waals surface area contributed by atoms with Crippen LogP contribution in [0.3, 0.4) is 0 Å². The van der Waals surface area contributed by atoms with Crippen molar-refractivity contribution in [1.29, 1.82) is 0 Å². The van der Waals surface area contributed by atoms with E-state index in [2.05, 4.69) is 31.9 Å². The van der Waals surface area contributed by atoms with Gasteiger partial charge in [0.25, 0.3) is 0 Å². The average molecular weight is 328 g/mol. The lowest BCUT2D eigenvalue weighted by Crippen LogP contribution is -2.46. The molecule has 1 aromatic carbocycles. The minimum Gasteiger partial charge on any atom is -0.361 e. The van der Waals surface area contributed by atoms with Crippen LogP contribution in [0, 0.1) is 5.92 Å². The van der Waals surface area contributed by atoms with E-state index in [4.69, 9.17) is 5.73 Å². The molecular formula is C18H24N4O2. The van der Waals surface area contributed by atoms with Crippen molar-refractivity contribution in [2.45, 2.75) is 45.7 Å². The number of hydrogen-bond donors (Lipinski definition) is 1. The lowest BCUT2D eigenvalue weighted by Gasteiger charge is -2.38. The number of likely N-dealkylation sites (tertiary alicyclic amines) is 1. The molecule has 6 heteroatoms. The second-order valence-electron chi connectivity index (χ2n) is 7.04. The molecule has 2 unspecified atom stereocenters. The second-order valence-corrected chi connectivity index (χ2v) is 7.04. The number of hydrogen-bond acceptors (Lipinski definition) is 3. The van der Waals surface area contributed by atoms with Gasteiger partial charge in [-0.05, 0) is 50.3 Å². The number of piperidine rings is 1. The Hall–Kier alpha value is -2.37. The van der Waals surface area contributed by atoms with E-state index in [1.54, 1.807) is 4.90 Å². The van der Waals surface area contributed by atoms with Gasteiger partial charge in [0, 0.05) is 24.2 Å². The van der Waals surface area contributed by atoms with Crippen molar-refractivity contribution in [3.63, 3.8) is 0 Å². The smallest absolute Gasteiger partial charge is 0.312 e. The number of benzene rings is 1. The molecule has 24 heavy (non-hydrogen) atoms. The SMILES string of the molecule is CC1CCC(c2ccc3nn(C(C)C)cc3c2)N(C(=O)C(N)=O)C1. The van der Waals surface area contributed by atoms with Crippen LogP contribution in [0.15, 0.2) is 24.4 Å². The first-order chi connectivity index (χ1) is 11.4. The topological polar surface area (TPSA) is 81.2 Å². The Morgan fingerprint density at radius 1 is 1.29 bits per heavy atom. The molecule has 1 aromatic heterocycles. The summed E-state index contributed by atoms with van der Waals surface area (Å²) in [4.78, 5) is 25.2. The molecule has 0 bridgehead atoms. The van der Waals surface area contributed by atoms with E-state index < -0.39 is 11.8 Å². The maximum atomic E-state index is 12.2. The van der Waals surface area contributed by atoms with Gasteiger partial charge in [0.05, 0.1) is 11.6 Å². The highest BCUT2D eigenvalue weighted by Gasteiger charge is 2.33. The van der Waals surface area contributed by atoms with E-state index in [0.29, 0.717) is 18.5 Å². The maximum absolute atomic E-state index is 12.2. The Bertz CT molecular complexity index is 780. The summed E-state index contributed by atoms with van der Waals surface area (Å²) in [7, 11) is 0. The minimum atomic E-state index is -0.886. The predicted molar refractivity (Wildman–Crippen MR) is 92.2 cm³/mol. The van der Waals surface area contributed by atoms with Crippen molar-refractivity contribution in [2.75, 3.05) is 6.54 Å². The van der Waals surface area contributed by atoms with Crippen molar-refractivity contribution < 1.29 is 9.59 Å². The summed E-state index contributed by atoms with van der Waals surface area (Å²) in [5.41, 5.74) is 7.21. The van der Waals surface area contributed by atoms with Crippen molar-refractivity contribution in [2.24, 2.45) is 11.7 Å². The molecule has 0 saturated carbocycles. The molecule has 2 aromatic rings. The Labute approximate surface area is 141 Å². The summed E-state index contributed by atoms with van der Waals surface area (Å²) in [6, 6.07) is 6.25. The van der Waals surface area contributed by atoms with Gasteiger partial charge in [-0.1, -0.05) is 13.0 Å². The van der Waals surface area contributed by atoms with Crippen LogP contribution >= 0.6 is 0 Å². The van der Waals surface area contributed by atoms with Gasteiger partial charge in [-0.2, -0.15) is 5.10 Å². The molecule has 6 nitrogen and oxygen atoms in total. The summed E-state index contributed by atoms with van der Waals surface area (Å²) < 4.78 is 1.93. The average Bonchev–Trinajstić information content (AvgIpc) is 2.97. The Balaban J connectivity index is 1.97. The maximum Gasteiger partial charge on any atom is 0.312 e. The number of nitrogens with zero attached hydrogens (tertiary/aromatic N) is 3. The highest BCUT2D eigenvalue weighted by molar-refractivity contribution is 6.34. The zero-order chi connectivity index (χ0) is 17.4. The number of carbonyl (C=O) groups excluding carboxylic acids is 2. The predicted octanol–water partition coefficient (Wildman–Crippen LogP) is 2.40. The second kappa shape index (κ2) is 6.26. The normalized spacial score (nSPS) is 21.4. The fourth-order valence-electron chi connectivity index (χ4n) is 3.40. The number of fused-ring (bicyclic) bond motifs is 1. The molecule has 0 spiro atoms. The number of carbonyl (C=O) groups is 2. The monoisotopic (exact) mass is 328 g/mol. The third-order valence-electron chi connectivity index (χ3n) is 4.75. The number of amides is 2. The largest absolute Gasteiger partial charge is 0.361 e. The van der Waals surface area contributed by atoms with Crippen LogP contribution in [0.5, 0.6) is 0 Å². The fourth-order valence-corrected chi connectivity index (χ4v) is 3.40. The summed E-state index contributed by atoms with van der Waals surface area (Å²) in [6.45, 7) is 6.83. The molecule has 2 N–H and O–H groups in total. The van der Waals surface area contributed by atoms with E-state index in [9.17, 15) is 9.59 Å². The van der Waals surface area contributed by atoms with E-state index in [-0.39, 0.29) is 6.04 Å². The first kappa shape index (κ1) is 16.5. The molecule has 0 aliphatic carbocycles. The van der Waals surface area contributed by atoms with Gasteiger partial charge in [-0.25, -0.2) is 0 Å². The van der Waals surface area contributed by atoms with Crippen LogP contribution in [0.4, 0.5) is 0 Å². The summed E-state index contributed by atoms with van der Waals surface area (Å²) >= 11 is 0. The summed E-state index contributed by atoms with van der Waals surface area (Å²) in [5, 5.41) is 5.60. The molecular weight excluding hydrogens is 304 g/mol. The summed E-state index contributed by atoms with van der Waals surface area (Å²) in [6.07, 6.45) is 3.88. The number of primary amides is 1. The molecule has 128 valence electrons. The fraction of sp³-hybridized carbons (Fsp3) is 0.500. The lowest BCUT2D eigenvalue weighted by atomic mass is 9.89. The van der Waals surface area contributed by atoms with Crippen molar-refractivity contribution in [1.82, 2.24) is 14.7 Å². The molecule has 2 amide bonds. The van der Waals surface area contributed by atoms with E-state index >= 15 is 0 Å². The molecule has 1 aliphatic heterocycles. The zero-order valence-electron chi connectivity index (χ0n) is 14.4. The first-order valence-electron chi connectivity index (χ1n) is 8.46. The first-order valence-corrected chi connectivity index (χ1v) is 8.46. The zero-order valence-corrected chi connectivity index (χ0v) is 14.4. The van der Waals surface area contributed by atoms with Crippen LogP contribution < -0.4 is 5.73 Å². The van der Waals surface area contributed by atoms with E-state index in [1.165, 1.54) is 0 Å². The Morgan fingerprint density at radius 2 is 2.04 bits per heavy atom. The van der Waals surface area contributed by atoms with E-state index in [0.717, 1.165) is 29.3 Å². The minimum absolute atomic E-state index is 0.104. The van der Waals surface area contributed by atoms with Crippen molar-refractivity contribution >= 4 is 22.7 Å². The summed E-state index contributed by atoms with van der Waals surface area (Å²) in [5.74, 6) is -1.11. The van der Waals surface area contributed by atoms with Crippen molar-refractivity contribution in [3.05, 3.63) is 30.0 Å². The third kappa shape index (κ3) is 3.00. The number of rotatable bonds is 2. The van der Waals surface area contributed by atoms with Gasteiger partial charge in [0.1, 0.15) is 0 Å². The van der Waals surface area contributed by atoms with Crippen LogP contribution in [0.2, 0.25) is 0 Å². The quantitative estimate of drug-likeness (QED) is 0.860. The molecule has 2 heterocycles. The van der Waals surface area contributed by atoms with Gasteiger partial charge in [-0.3, -0.25) is 14.3 Å². The number of nitrogens with two attached hydrogens (primary N) is 1. The van der Waals surface area contributed by atoms with Crippen LogP contribution in [-0.4, -0.2) is 33.0 Å². The van der Waals surface area contributed by atoms with Crippen LogP contribution in [0.1, 0.15) is 51.3 Å². The molecule has 1 aliphatic rings. The van der Waals surface area contributed by atoms with Gasteiger partial charge in [0.15, 0.2) is 0 Å². The lowest BCUT2D eigenvalue weighted by molar-refractivity contribution is -0.147. The molecule has 0 radical (unpaired) electrons. The van der Waals surface area contributed by atoms with E-state index in [1.807, 2.05) is 23.0 Å². The highest BCUT2D eigenvalue weighted by Crippen LogP contribution is 2.34. The Kier molecular flexibility index (Phi) is 4.30. The third-order valence-corrected chi connectivity index (χ3v) is 4.75. The van der Waals surface area contributed by atoms with Crippen molar-refractivity contribution in [3.8, 4) is 0 Å². The standard InChI is InChI=1S/C18H24N4O2/c1-11(2)22-10-14-8-13(5-6-15(14)20-22)16-7-4-12(3)9-21(16)18(24)17(19)23/h5-6,8,10-12,16H,4,7,9H2,1-3H3,(H2,19,23). The molecule has 1 saturated heterocycles. The Morgan fingerprint density at radius 3 is 2.71 bits per heavy atom. The van der Waals surface area contributed by atoms with Gasteiger partial charge < -0.3 is 10.6 Å². The molecule has 2 atom stereocenters. The highest BCUT2D eigenvalue weighted by atomic mass is 16.2. The van der Waals surface area contributed by atoms with Gasteiger partial charge in [-0.15, -0.1) is 0 Å². The van der Waals surface area contributed by atoms with Crippen LogP contribution in [-0.2, 0) is 9.59 Å².